The lowest BCUT2D eigenvalue weighted by molar-refractivity contribution is 0.00598. The Bertz CT molecular complexity index is 1940. The molecule has 8 heteroatoms. The molecule has 0 N–H and O–H groups in total. The van der Waals surface area contributed by atoms with E-state index in [1.807, 2.05) is 0 Å². The topological polar surface area (TPSA) is 55.4 Å². The fraction of sp³-hybridized carbons (Fsp3) is 0.874. The van der Waals surface area contributed by atoms with Crippen molar-refractivity contribution in [3.8, 4) is 11.5 Å². The summed E-state index contributed by atoms with van der Waals surface area (Å²) >= 11 is 0. The van der Waals surface area contributed by atoms with Crippen LogP contribution in [0.15, 0.2) is 48.5 Å². The Hall–Kier alpha value is -1.26. The zero-order chi connectivity index (χ0) is 73.1. The lowest BCUT2D eigenvalue weighted by Gasteiger charge is -2.46. The third-order valence-electron chi connectivity index (χ3n) is 24.2. The largest absolute Gasteiger partial charge is 0.426 e. The molecule has 0 radical (unpaired) electrons. The molecule has 600 valence electrons. The van der Waals surface area contributed by atoms with Crippen LogP contribution in [0.4, 0.5) is 0 Å². The van der Waals surface area contributed by atoms with Gasteiger partial charge in [0.15, 0.2) is 0 Å². The van der Waals surface area contributed by atoms with Gasteiger partial charge in [0.1, 0.15) is 11.5 Å². The summed E-state index contributed by atoms with van der Waals surface area (Å²) in [6.45, 7) is 15.9. The Labute approximate surface area is 645 Å². The maximum atomic E-state index is 7.04. The highest BCUT2D eigenvalue weighted by Crippen LogP contribution is 2.53. The summed E-state index contributed by atoms with van der Waals surface area (Å²) in [6.07, 6.45) is 94.3. The first-order chi connectivity index (χ1) is 50.9. The number of unbranched alkanes of at least 4 members (excludes halogenated alkanes) is 56. The molecule has 0 heterocycles. The number of para-hydroxylation sites is 2. The summed E-state index contributed by atoms with van der Waals surface area (Å²) in [7, 11) is -3.00. The van der Waals surface area contributed by atoms with Crippen molar-refractivity contribution in [1.29, 1.82) is 0 Å². The number of rotatable bonds is 76. The Morgan fingerprint density at radius 3 is 0.699 bits per heavy atom. The van der Waals surface area contributed by atoms with E-state index in [0.717, 1.165) is 62.9 Å². The molecule has 103 heavy (non-hydrogen) atoms. The van der Waals surface area contributed by atoms with Crippen molar-refractivity contribution in [2.45, 2.75) is 503 Å². The fourth-order valence-electron chi connectivity index (χ4n) is 16.9. The summed E-state index contributed by atoms with van der Waals surface area (Å²) in [5, 5.41) is 0. The van der Waals surface area contributed by atoms with E-state index in [1.54, 1.807) is 0 Å². The molecule has 2 aromatic carbocycles. The minimum atomic E-state index is -1.50. The smallest absolute Gasteiger partial charge is 0.397 e. The molecule has 6 nitrogen and oxygen atoms in total. The number of aryl methyl sites for hydroxylation is 2. The molecule has 2 aliphatic carbocycles. The van der Waals surface area contributed by atoms with Gasteiger partial charge in [0, 0.05) is 0 Å². The first-order valence-electron chi connectivity index (χ1n) is 46.6. The third-order valence-corrected chi connectivity index (χ3v) is 26.6. The van der Waals surface area contributed by atoms with Crippen molar-refractivity contribution in [2.75, 3.05) is 13.2 Å². The molecular weight excluding hydrogens is 1300 g/mol. The van der Waals surface area contributed by atoms with Crippen LogP contribution in [-0.2, 0) is 30.9 Å². The fourth-order valence-corrected chi connectivity index (χ4v) is 19.4. The second kappa shape index (κ2) is 68.7. The summed E-state index contributed by atoms with van der Waals surface area (Å²) in [5.41, 5.74) is 2.88. The zero-order valence-electron chi connectivity index (χ0n) is 69.7. The Morgan fingerprint density at radius 2 is 0.466 bits per heavy atom. The van der Waals surface area contributed by atoms with E-state index in [0.29, 0.717) is 25.0 Å². The molecular formula is C95H174O6P2. The van der Waals surface area contributed by atoms with Gasteiger partial charge in [0.25, 0.3) is 0 Å². The summed E-state index contributed by atoms with van der Waals surface area (Å²) < 4.78 is 41.4. The molecule has 2 aromatic rings. The standard InChI is InChI=1S/C95H174O6P2/c1-7-11-15-19-23-27-31-35-39-43-47-51-55-59-63-71-87-73-65-67-75-93(87)100-102(96-85-69-61-57-53-49-45-41-37-33-29-25-21-17-13-9-3)98-91-81-77-89(78-82-91)95(5,6)90-79-83-92(84-80-90)99-103(97-86-70-62-58-54-50-46-42-38-34-30-26-22-18-14-10-4)101-94-76-68-66-74-88(94)72-64-60-56-52-48-44-40-36-32-28-24-20-16-12-8-2/h65-68,73-76,89-92H,7-64,69-72,77-86H2,1-6H3. The van der Waals surface area contributed by atoms with Crippen LogP contribution < -0.4 is 9.05 Å². The van der Waals surface area contributed by atoms with Gasteiger partial charge >= 0.3 is 17.2 Å². The van der Waals surface area contributed by atoms with E-state index in [-0.39, 0.29) is 17.6 Å². The average Bonchev–Trinajstić information content (AvgIpc) is 0.808. The van der Waals surface area contributed by atoms with Gasteiger partial charge in [-0.2, -0.15) is 0 Å². The van der Waals surface area contributed by atoms with Crippen LogP contribution in [0.2, 0.25) is 0 Å². The number of hydrogen-bond acceptors (Lipinski definition) is 6. The highest BCUT2D eigenvalue weighted by Gasteiger charge is 2.42. The maximum Gasteiger partial charge on any atom is 0.397 e. The molecule has 2 saturated carbocycles. The molecule has 2 fully saturated rings. The van der Waals surface area contributed by atoms with E-state index in [4.69, 9.17) is 27.1 Å². The molecule has 0 saturated heterocycles. The molecule has 2 aliphatic rings. The van der Waals surface area contributed by atoms with Gasteiger partial charge < -0.3 is 18.1 Å². The Balaban J connectivity index is 1.25. The van der Waals surface area contributed by atoms with Crippen LogP contribution in [0.5, 0.6) is 11.5 Å². The van der Waals surface area contributed by atoms with Crippen molar-refractivity contribution in [3.63, 3.8) is 0 Å². The van der Waals surface area contributed by atoms with E-state index in [9.17, 15) is 0 Å². The van der Waals surface area contributed by atoms with Crippen molar-refractivity contribution < 1.29 is 27.1 Å². The van der Waals surface area contributed by atoms with Crippen LogP contribution >= 0.6 is 17.2 Å². The second-order valence-corrected chi connectivity index (χ2v) is 36.0. The van der Waals surface area contributed by atoms with Gasteiger partial charge in [0.2, 0.25) is 0 Å². The molecule has 2 unspecified atom stereocenters. The van der Waals surface area contributed by atoms with Crippen LogP contribution in [-0.4, -0.2) is 25.4 Å². The van der Waals surface area contributed by atoms with Crippen molar-refractivity contribution >= 4 is 17.2 Å². The molecule has 0 bridgehead atoms. The van der Waals surface area contributed by atoms with Crippen molar-refractivity contribution in [3.05, 3.63) is 59.7 Å². The van der Waals surface area contributed by atoms with Gasteiger partial charge in [-0.25, -0.2) is 0 Å². The quantitative estimate of drug-likeness (QED) is 0.0486. The maximum absolute atomic E-state index is 7.04. The van der Waals surface area contributed by atoms with Crippen LogP contribution in [0.1, 0.15) is 489 Å². The van der Waals surface area contributed by atoms with Gasteiger partial charge in [0.05, 0.1) is 25.4 Å². The summed E-state index contributed by atoms with van der Waals surface area (Å²) in [5.74, 6) is 3.31. The molecule has 0 aliphatic heterocycles. The SMILES string of the molecule is CCCCCCCCCCCCCCCCCOP(Oc1ccccc1CCCCCCCCCCCCCCCCC)OC1CCC(C(C)(C)C2CCC(OP(OCCCCCCCCCCCCCCCCC)Oc3ccccc3CCCCCCCCCCCCCCCCC)CC2)CC1. The lowest BCUT2D eigenvalue weighted by atomic mass is 9.60. The van der Waals surface area contributed by atoms with Crippen LogP contribution in [0.3, 0.4) is 0 Å². The number of hydrogen-bond donors (Lipinski definition) is 0. The molecule has 2 atom stereocenters. The second-order valence-electron chi connectivity index (χ2n) is 33.8. The third kappa shape index (κ3) is 51.0. The zero-order valence-corrected chi connectivity index (χ0v) is 71.5. The first-order valence-corrected chi connectivity index (χ1v) is 48.8. The normalized spacial score (nSPS) is 17.1. The lowest BCUT2D eigenvalue weighted by Crippen LogP contribution is -2.39. The Morgan fingerprint density at radius 1 is 0.262 bits per heavy atom. The van der Waals surface area contributed by atoms with Gasteiger partial charge in [-0.05, 0) is 130 Å². The highest BCUT2D eigenvalue weighted by atomic mass is 31.2. The monoisotopic (exact) mass is 1470 g/mol. The first kappa shape index (κ1) is 94.1. The Kier molecular flexibility index (Phi) is 62.8. The van der Waals surface area contributed by atoms with Crippen LogP contribution in [0, 0.1) is 17.3 Å². The molecule has 4 rings (SSSR count). The molecule has 0 amide bonds. The predicted octanol–water partition coefficient (Wildman–Crippen LogP) is 34.4. The van der Waals surface area contributed by atoms with Gasteiger partial charge in [-0.15, -0.1) is 0 Å². The molecule has 0 spiro atoms. The van der Waals surface area contributed by atoms with Crippen LogP contribution in [0.25, 0.3) is 0 Å². The minimum absolute atomic E-state index is 0.175. The minimum Gasteiger partial charge on any atom is -0.426 e. The molecule has 0 aromatic heterocycles. The predicted molar refractivity (Wildman–Crippen MR) is 454 cm³/mol. The van der Waals surface area contributed by atoms with E-state index in [2.05, 4.69) is 90.1 Å². The van der Waals surface area contributed by atoms with E-state index in [1.165, 1.54) is 409 Å². The van der Waals surface area contributed by atoms with Crippen molar-refractivity contribution in [1.82, 2.24) is 0 Å². The average molecular weight is 1470 g/mol. The number of benzene rings is 2. The van der Waals surface area contributed by atoms with E-state index < -0.39 is 17.2 Å². The van der Waals surface area contributed by atoms with E-state index >= 15 is 0 Å². The summed E-state index contributed by atoms with van der Waals surface area (Å²) in [6, 6.07) is 17.6. The van der Waals surface area contributed by atoms with Crippen molar-refractivity contribution in [2.24, 2.45) is 17.3 Å². The van der Waals surface area contributed by atoms with Gasteiger partial charge in [-0.1, -0.05) is 438 Å². The highest BCUT2D eigenvalue weighted by molar-refractivity contribution is 7.42. The van der Waals surface area contributed by atoms with Gasteiger partial charge in [-0.3, -0.25) is 9.05 Å². The summed E-state index contributed by atoms with van der Waals surface area (Å²) in [4.78, 5) is 0.